The summed E-state index contributed by atoms with van der Waals surface area (Å²) in [6, 6.07) is 10.9. The van der Waals surface area contributed by atoms with Crippen molar-refractivity contribution in [2.75, 3.05) is 27.4 Å². The van der Waals surface area contributed by atoms with Gasteiger partial charge < -0.3 is 24.1 Å². The van der Waals surface area contributed by atoms with Crippen LogP contribution in [-0.2, 0) is 17.8 Å². The monoisotopic (exact) mass is 425 g/mol. The average Bonchev–Trinajstić information content (AvgIpc) is 2.80. The molecule has 3 aromatic rings. The number of amides is 1. The molecular weight excluding hydrogens is 398 g/mol. The highest BCUT2D eigenvalue weighted by Gasteiger charge is 2.16. The Labute approximate surface area is 180 Å². The van der Waals surface area contributed by atoms with Crippen LogP contribution < -0.4 is 19.8 Å². The molecule has 0 bridgehead atoms. The molecule has 0 aliphatic rings. The molecule has 0 atom stereocenters. The van der Waals surface area contributed by atoms with Gasteiger partial charge >= 0.3 is 0 Å². The van der Waals surface area contributed by atoms with Crippen LogP contribution in [0.2, 0.25) is 0 Å². The molecule has 0 saturated heterocycles. The third-order valence-electron chi connectivity index (χ3n) is 5.00. The van der Waals surface area contributed by atoms with Crippen molar-refractivity contribution in [3.05, 3.63) is 58.1 Å². The number of ether oxygens (including phenoxy) is 3. The third kappa shape index (κ3) is 5.14. The van der Waals surface area contributed by atoms with Crippen molar-refractivity contribution in [3.63, 3.8) is 0 Å². The maximum absolute atomic E-state index is 12.7. The van der Waals surface area contributed by atoms with Crippen LogP contribution >= 0.6 is 0 Å². The first-order chi connectivity index (χ1) is 15.0. The summed E-state index contributed by atoms with van der Waals surface area (Å²) in [7, 11) is 3.02. The Morgan fingerprint density at radius 3 is 2.52 bits per heavy atom. The third-order valence-corrected chi connectivity index (χ3v) is 5.00. The molecule has 3 rings (SSSR count). The first kappa shape index (κ1) is 22.1. The number of hydrogen-bond donors (Lipinski definition) is 1. The van der Waals surface area contributed by atoms with E-state index < -0.39 is 0 Å². The van der Waals surface area contributed by atoms with Crippen LogP contribution in [0.3, 0.4) is 0 Å². The van der Waals surface area contributed by atoms with E-state index in [1.165, 1.54) is 14.2 Å². The molecule has 1 heterocycles. The molecule has 0 unspecified atom stereocenters. The number of benzene rings is 2. The van der Waals surface area contributed by atoms with Gasteiger partial charge in [0.2, 0.25) is 0 Å². The first-order valence-electron chi connectivity index (χ1n) is 10.1. The fourth-order valence-corrected chi connectivity index (χ4v) is 3.24. The Hall–Kier alpha value is -3.55. The minimum Gasteiger partial charge on any atom is -0.493 e. The molecule has 1 aromatic heterocycles. The van der Waals surface area contributed by atoms with Crippen molar-refractivity contribution < 1.29 is 19.0 Å². The highest BCUT2D eigenvalue weighted by Crippen LogP contribution is 2.29. The topological polar surface area (TPSA) is 93.8 Å². The number of aromatic nitrogens is 2. The van der Waals surface area contributed by atoms with Crippen molar-refractivity contribution in [2.45, 2.75) is 26.8 Å². The summed E-state index contributed by atoms with van der Waals surface area (Å²) in [5, 5.41) is 0.384. The number of carbonyl (C=O) groups is 1. The zero-order chi connectivity index (χ0) is 22.4. The number of nitrogens with zero attached hydrogens (tertiary/aromatic N) is 2. The minimum absolute atomic E-state index is 0.0934. The highest BCUT2D eigenvalue weighted by atomic mass is 16.5. The molecule has 0 radical (unpaired) electrons. The lowest BCUT2D eigenvalue weighted by molar-refractivity contribution is -0.133. The normalized spacial score (nSPS) is 10.7. The van der Waals surface area contributed by atoms with Gasteiger partial charge in [-0.15, -0.1) is 0 Å². The fourth-order valence-electron chi connectivity index (χ4n) is 3.24. The Morgan fingerprint density at radius 1 is 1.10 bits per heavy atom. The van der Waals surface area contributed by atoms with Gasteiger partial charge in [0.25, 0.3) is 11.5 Å². The summed E-state index contributed by atoms with van der Waals surface area (Å²) in [5.41, 5.74) is 1.30. The lowest BCUT2D eigenvalue weighted by Crippen LogP contribution is -2.35. The molecule has 0 aliphatic carbocycles. The van der Waals surface area contributed by atoms with Crippen LogP contribution in [0.25, 0.3) is 10.9 Å². The van der Waals surface area contributed by atoms with Gasteiger partial charge in [-0.1, -0.05) is 19.1 Å². The predicted molar refractivity (Wildman–Crippen MR) is 118 cm³/mol. The van der Waals surface area contributed by atoms with Gasteiger partial charge in [-0.3, -0.25) is 9.59 Å². The van der Waals surface area contributed by atoms with Gasteiger partial charge in [-0.05, 0) is 37.1 Å². The summed E-state index contributed by atoms with van der Waals surface area (Å²) < 4.78 is 16.2. The van der Waals surface area contributed by atoms with Gasteiger partial charge in [-0.2, -0.15) is 0 Å². The van der Waals surface area contributed by atoms with Gasteiger partial charge in [0.05, 0.1) is 31.7 Å². The summed E-state index contributed by atoms with van der Waals surface area (Å²) in [6.45, 7) is 4.44. The predicted octanol–water partition coefficient (Wildman–Crippen LogP) is 2.93. The van der Waals surface area contributed by atoms with Gasteiger partial charge in [0.1, 0.15) is 11.6 Å². The lowest BCUT2D eigenvalue weighted by Gasteiger charge is -2.20. The smallest absolute Gasteiger partial charge is 0.260 e. The zero-order valence-electron chi connectivity index (χ0n) is 18.2. The molecule has 1 N–H and O–H groups in total. The van der Waals surface area contributed by atoms with Gasteiger partial charge in [0, 0.05) is 12.6 Å². The molecule has 0 fully saturated rings. The van der Waals surface area contributed by atoms with E-state index in [1.54, 1.807) is 17.0 Å². The Balaban J connectivity index is 1.77. The molecule has 1 amide bonds. The van der Waals surface area contributed by atoms with Crippen LogP contribution in [0.1, 0.15) is 25.2 Å². The number of hydrogen-bond acceptors (Lipinski definition) is 6. The van der Waals surface area contributed by atoms with E-state index in [9.17, 15) is 9.59 Å². The van der Waals surface area contributed by atoms with E-state index in [-0.39, 0.29) is 24.6 Å². The number of likely N-dealkylation sites (N-methyl/N-ethyl adjacent to an activating group) is 1. The second-order valence-electron chi connectivity index (χ2n) is 6.93. The summed E-state index contributed by atoms with van der Waals surface area (Å²) in [5.74, 6) is 1.77. The van der Waals surface area contributed by atoms with Gasteiger partial charge in [0.15, 0.2) is 18.1 Å². The maximum atomic E-state index is 12.7. The van der Waals surface area contributed by atoms with E-state index in [2.05, 4.69) is 16.9 Å². The van der Waals surface area contributed by atoms with Crippen molar-refractivity contribution in [3.8, 4) is 17.2 Å². The second kappa shape index (κ2) is 9.97. The number of nitrogens with one attached hydrogen (secondary N) is 1. The minimum atomic E-state index is -0.308. The maximum Gasteiger partial charge on any atom is 0.260 e. The number of carbonyl (C=O) groups excluding carboxylic acids is 1. The first-order valence-corrected chi connectivity index (χ1v) is 10.1. The van der Waals surface area contributed by atoms with Crippen molar-refractivity contribution in [2.24, 2.45) is 0 Å². The highest BCUT2D eigenvalue weighted by molar-refractivity contribution is 5.82. The SMILES string of the molecule is CCc1cccc(OCC(=O)N(CC)Cc2nc3cc(OC)c(OC)cc3c(=O)[nH]2)c1. The van der Waals surface area contributed by atoms with Crippen LogP contribution in [0, 0.1) is 0 Å². The Bertz CT molecular complexity index is 1130. The fraction of sp³-hybridized carbons (Fsp3) is 0.348. The number of aromatic amines is 1. The summed E-state index contributed by atoms with van der Waals surface area (Å²) >= 11 is 0. The lowest BCUT2D eigenvalue weighted by atomic mass is 10.2. The van der Waals surface area contributed by atoms with Crippen molar-refractivity contribution in [1.29, 1.82) is 0 Å². The molecule has 31 heavy (non-hydrogen) atoms. The summed E-state index contributed by atoms with van der Waals surface area (Å²) in [4.78, 5) is 34.1. The van der Waals surface area contributed by atoms with E-state index in [4.69, 9.17) is 14.2 Å². The number of fused-ring (bicyclic) bond motifs is 1. The van der Waals surface area contributed by atoms with Crippen molar-refractivity contribution >= 4 is 16.8 Å². The standard InChI is InChI=1S/C23H27N3O5/c1-5-15-8-7-9-16(10-15)31-14-22(27)26(6-2)13-21-24-18-12-20(30-4)19(29-3)11-17(18)23(28)25-21/h7-12H,5-6,13-14H2,1-4H3,(H,24,25,28). The summed E-state index contributed by atoms with van der Waals surface area (Å²) in [6.07, 6.45) is 0.893. The molecule has 8 nitrogen and oxygen atoms in total. The van der Waals surface area contributed by atoms with Crippen LogP contribution in [-0.4, -0.2) is 48.1 Å². The molecule has 164 valence electrons. The average molecular weight is 425 g/mol. The van der Waals surface area contributed by atoms with E-state index in [0.717, 1.165) is 12.0 Å². The van der Waals surface area contributed by atoms with Crippen LogP contribution in [0.15, 0.2) is 41.2 Å². The molecular formula is C23H27N3O5. The van der Waals surface area contributed by atoms with Gasteiger partial charge in [-0.25, -0.2) is 4.98 Å². The molecule has 0 spiro atoms. The van der Waals surface area contributed by atoms with E-state index in [1.807, 2.05) is 31.2 Å². The van der Waals surface area contributed by atoms with Crippen LogP contribution in [0.5, 0.6) is 17.2 Å². The largest absolute Gasteiger partial charge is 0.493 e. The Morgan fingerprint density at radius 2 is 1.84 bits per heavy atom. The zero-order valence-corrected chi connectivity index (χ0v) is 18.2. The molecule has 2 aromatic carbocycles. The number of methoxy groups -OCH3 is 2. The quantitative estimate of drug-likeness (QED) is 0.567. The van der Waals surface area contributed by atoms with E-state index in [0.29, 0.717) is 40.5 Å². The number of H-pyrrole nitrogens is 1. The second-order valence-corrected chi connectivity index (χ2v) is 6.93. The number of aryl methyl sites for hydroxylation is 1. The number of rotatable bonds is 9. The molecule has 0 aliphatic heterocycles. The molecule has 8 heteroatoms. The van der Waals surface area contributed by atoms with Crippen molar-refractivity contribution in [1.82, 2.24) is 14.9 Å². The van der Waals surface area contributed by atoms with E-state index >= 15 is 0 Å². The Kier molecular flexibility index (Phi) is 7.12. The van der Waals surface area contributed by atoms with Crippen LogP contribution in [0.4, 0.5) is 0 Å². The molecule has 0 saturated carbocycles.